The molecule has 25 heavy (non-hydrogen) atoms. The van der Waals surface area contributed by atoms with Crippen molar-refractivity contribution >= 4 is 11.6 Å². The van der Waals surface area contributed by atoms with Crippen LogP contribution in [0.2, 0.25) is 0 Å². The van der Waals surface area contributed by atoms with Crippen LogP contribution in [0.25, 0.3) is 0 Å². The van der Waals surface area contributed by atoms with Gasteiger partial charge in [0, 0.05) is 17.8 Å². The second-order valence-electron chi connectivity index (χ2n) is 4.59. The highest BCUT2D eigenvalue weighted by atomic mass is 19.4. The maximum atomic E-state index is 12.5. The summed E-state index contributed by atoms with van der Waals surface area (Å²) in [5, 5.41) is 7.28. The Hall–Kier alpha value is -2.85. The standard InChI is InChI=1S/C14H12F5N3O3/c1-2-24-10-5-7(3-4-9(10)25-13(15)16)20-12(23)8-6-11(22-21-8)14(17,18)19/h3-6,13H,2H2,1H3,(H,20,23)(H,21,22). The summed E-state index contributed by atoms with van der Waals surface area (Å²) in [5.41, 5.74) is -1.56. The number of ether oxygens (including phenoxy) is 2. The SMILES string of the molecule is CCOc1cc(NC(=O)c2cc(C(F)(F)F)[nH]n2)ccc1OC(F)F. The number of anilines is 1. The number of carbonyl (C=O) groups is 1. The average molecular weight is 365 g/mol. The van der Waals surface area contributed by atoms with Crippen molar-refractivity contribution in [1.82, 2.24) is 10.2 Å². The van der Waals surface area contributed by atoms with Crippen LogP contribution in [0.1, 0.15) is 23.1 Å². The van der Waals surface area contributed by atoms with Crippen molar-refractivity contribution in [3.05, 3.63) is 35.7 Å². The average Bonchev–Trinajstić information content (AvgIpc) is 3.00. The number of hydrogen-bond acceptors (Lipinski definition) is 4. The van der Waals surface area contributed by atoms with E-state index in [4.69, 9.17) is 4.74 Å². The molecule has 1 aromatic carbocycles. The molecule has 0 saturated heterocycles. The summed E-state index contributed by atoms with van der Waals surface area (Å²) >= 11 is 0. The molecule has 0 atom stereocenters. The molecule has 2 rings (SSSR count). The van der Waals surface area contributed by atoms with E-state index >= 15 is 0 Å². The highest BCUT2D eigenvalue weighted by molar-refractivity contribution is 6.03. The van der Waals surface area contributed by atoms with E-state index in [-0.39, 0.29) is 23.8 Å². The maximum Gasteiger partial charge on any atom is 0.432 e. The Morgan fingerprint density at radius 2 is 2.00 bits per heavy atom. The molecule has 2 N–H and O–H groups in total. The van der Waals surface area contributed by atoms with Crippen LogP contribution in [0.15, 0.2) is 24.3 Å². The zero-order valence-electron chi connectivity index (χ0n) is 12.7. The van der Waals surface area contributed by atoms with E-state index in [1.54, 1.807) is 12.0 Å². The zero-order valence-corrected chi connectivity index (χ0v) is 12.7. The molecule has 0 aliphatic heterocycles. The number of nitrogens with zero attached hydrogens (tertiary/aromatic N) is 1. The lowest BCUT2D eigenvalue weighted by atomic mass is 10.2. The molecule has 0 aliphatic rings. The second kappa shape index (κ2) is 7.36. The predicted molar refractivity (Wildman–Crippen MR) is 75.8 cm³/mol. The number of H-pyrrole nitrogens is 1. The van der Waals surface area contributed by atoms with Gasteiger partial charge < -0.3 is 14.8 Å². The Morgan fingerprint density at radius 3 is 2.56 bits per heavy atom. The minimum atomic E-state index is -4.66. The molecular weight excluding hydrogens is 353 g/mol. The number of aromatic amines is 1. The number of rotatable bonds is 6. The number of aromatic nitrogens is 2. The first-order chi connectivity index (χ1) is 11.7. The van der Waals surface area contributed by atoms with E-state index in [9.17, 15) is 26.7 Å². The van der Waals surface area contributed by atoms with E-state index < -0.39 is 30.1 Å². The van der Waals surface area contributed by atoms with Gasteiger partial charge in [0.1, 0.15) is 5.69 Å². The van der Waals surface area contributed by atoms with Crippen molar-refractivity contribution < 1.29 is 36.2 Å². The third-order valence-electron chi connectivity index (χ3n) is 2.83. The fraction of sp³-hybridized carbons (Fsp3) is 0.286. The monoisotopic (exact) mass is 365 g/mol. The third kappa shape index (κ3) is 4.81. The van der Waals surface area contributed by atoms with Gasteiger partial charge in [-0.25, -0.2) is 0 Å². The Balaban J connectivity index is 2.17. The van der Waals surface area contributed by atoms with Gasteiger partial charge in [-0.05, 0) is 19.1 Å². The number of alkyl halides is 5. The van der Waals surface area contributed by atoms with Crippen molar-refractivity contribution in [1.29, 1.82) is 0 Å². The molecule has 1 aromatic heterocycles. The van der Waals surface area contributed by atoms with Gasteiger partial charge in [-0.2, -0.15) is 27.1 Å². The second-order valence-corrected chi connectivity index (χ2v) is 4.59. The van der Waals surface area contributed by atoms with Crippen LogP contribution in [0, 0.1) is 0 Å². The largest absolute Gasteiger partial charge is 0.490 e. The van der Waals surface area contributed by atoms with Crippen LogP contribution in [-0.2, 0) is 6.18 Å². The Labute approximate surface area is 137 Å². The van der Waals surface area contributed by atoms with E-state index in [0.29, 0.717) is 6.07 Å². The van der Waals surface area contributed by atoms with Crippen LogP contribution in [0.4, 0.5) is 27.6 Å². The van der Waals surface area contributed by atoms with Gasteiger partial charge in [-0.1, -0.05) is 0 Å². The van der Waals surface area contributed by atoms with E-state index in [1.165, 1.54) is 12.1 Å². The minimum Gasteiger partial charge on any atom is -0.490 e. The van der Waals surface area contributed by atoms with Gasteiger partial charge in [0.15, 0.2) is 17.2 Å². The molecule has 0 spiro atoms. The summed E-state index contributed by atoms with van der Waals surface area (Å²) in [6.07, 6.45) is -4.66. The summed E-state index contributed by atoms with van der Waals surface area (Å²) in [6.45, 7) is -1.31. The maximum absolute atomic E-state index is 12.5. The molecule has 0 saturated carbocycles. The lowest BCUT2D eigenvalue weighted by molar-refractivity contribution is -0.141. The predicted octanol–water partition coefficient (Wildman–Crippen LogP) is 3.68. The normalized spacial score (nSPS) is 11.5. The van der Waals surface area contributed by atoms with Crippen LogP contribution in [0.3, 0.4) is 0 Å². The number of halogens is 5. The molecule has 2 aromatic rings. The Bertz CT molecular complexity index is 746. The van der Waals surface area contributed by atoms with Gasteiger partial charge in [0.05, 0.1) is 6.61 Å². The van der Waals surface area contributed by atoms with Crippen molar-refractivity contribution in [3.8, 4) is 11.5 Å². The van der Waals surface area contributed by atoms with Crippen molar-refractivity contribution in [2.45, 2.75) is 19.7 Å². The fourth-order valence-corrected chi connectivity index (χ4v) is 1.83. The Kier molecular flexibility index (Phi) is 5.45. The van der Waals surface area contributed by atoms with Crippen LogP contribution in [0.5, 0.6) is 11.5 Å². The molecule has 1 heterocycles. The van der Waals surface area contributed by atoms with Gasteiger partial charge in [-0.15, -0.1) is 0 Å². The summed E-state index contributed by atoms with van der Waals surface area (Å²) < 4.78 is 71.5. The van der Waals surface area contributed by atoms with Gasteiger partial charge in [0.25, 0.3) is 5.91 Å². The molecule has 136 valence electrons. The van der Waals surface area contributed by atoms with Crippen molar-refractivity contribution in [2.24, 2.45) is 0 Å². The summed E-state index contributed by atoms with van der Waals surface area (Å²) in [5.74, 6) is -1.22. The molecule has 0 bridgehead atoms. The first-order valence-corrected chi connectivity index (χ1v) is 6.86. The first-order valence-electron chi connectivity index (χ1n) is 6.86. The lowest BCUT2D eigenvalue weighted by Crippen LogP contribution is -2.13. The molecular formula is C14H12F5N3O3. The summed E-state index contributed by atoms with van der Waals surface area (Å²) in [4.78, 5) is 11.9. The first kappa shape index (κ1) is 18.5. The van der Waals surface area contributed by atoms with Gasteiger partial charge >= 0.3 is 12.8 Å². The number of nitrogens with one attached hydrogen (secondary N) is 2. The molecule has 0 unspecified atom stereocenters. The highest BCUT2D eigenvalue weighted by Gasteiger charge is 2.33. The van der Waals surface area contributed by atoms with E-state index in [2.05, 4.69) is 15.2 Å². The number of carbonyl (C=O) groups excluding carboxylic acids is 1. The van der Waals surface area contributed by atoms with E-state index in [1.807, 2.05) is 0 Å². The molecule has 6 nitrogen and oxygen atoms in total. The summed E-state index contributed by atoms with van der Waals surface area (Å²) in [6, 6.07) is 4.12. The third-order valence-corrected chi connectivity index (χ3v) is 2.83. The van der Waals surface area contributed by atoms with Crippen molar-refractivity contribution in [2.75, 3.05) is 11.9 Å². The molecule has 0 fully saturated rings. The quantitative estimate of drug-likeness (QED) is 0.766. The van der Waals surface area contributed by atoms with Crippen molar-refractivity contribution in [3.63, 3.8) is 0 Å². The highest BCUT2D eigenvalue weighted by Crippen LogP contribution is 2.32. The number of amides is 1. The molecule has 0 aliphatic carbocycles. The van der Waals surface area contributed by atoms with Crippen LogP contribution in [-0.4, -0.2) is 29.3 Å². The number of hydrogen-bond donors (Lipinski definition) is 2. The Morgan fingerprint density at radius 1 is 1.28 bits per heavy atom. The minimum absolute atomic E-state index is 0.0568. The van der Waals surface area contributed by atoms with E-state index in [0.717, 1.165) is 6.07 Å². The zero-order chi connectivity index (χ0) is 18.6. The topological polar surface area (TPSA) is 76.2 Å². The molecule has 11 heteroatoms. The smallest absolute Gasteiger partial charge is 0.432 e. The number of benzene rings is 1. The molecule has 0 radical (unpaired) electrons. The van der Waals surface area contributed by atoms with Gasteiger partial charge in [-0.3, -0.25) is 9.89 Å². The van der Waals surface area contributed by atoms with Crippen LogP contribution >= 0.6 is 0 Å². The van der Waals surface area contributed by atoms with Crippen LogP contribution < -0.4 is 14.8 Å². The summed E-state index contributed by atoms with van der Waals surface area (Å²) in [7, 11) is 0. The van der Waals surface area contributed by atoms with Gasteiger partial charge in [0.2, 0.25) is 0 Å². The lowest BCUT2D eigenvalue weighted by Gasteiger charge is -2.13. The molecule has 1 amide bonds. The fourth-order valence-electron chi connectivity index (χ4n) is 1.83.